The number of amides is 1. The lowest BCUT2D eigenvalue weighted by atomic mass is 10.0. The zero-order valence-corrected chi connectivity index (χ0v) is 21.1. The summed E-state index contributed by atoms with van der Waals surface area (Å²) in [4.78, 5) is 18.9. The molecule has 0 unspecified atom stereocenters. The number of hydrogen-bond acceptors (Lipinski definition) is 6. The maximum atomic E-state index is 13.6. The number of carbonyl (C=O) groups is 1. The van der Waals surface area contributed by atoms with Gasteiger partial charge in [0.05, 0.1) is 31.5 Å². The number of aryl methyl sites for hydroxylation is 1. The van der Waals surface area contributed by atoms with Gasteiger partial charge < -0.3 is 19.2 Å². The first-order valence-corrected chi connectivity index (χ1v) is 13.0. The number of nitrogens with zero attached hydrogens (tertiary/aromatic N) is 2. The number of fused-ring (bicyclic) bond motifs is 1. The summed E-state index contributed by atoms with van der Waals surface area (Å²) in [6.45, 7) is 7.89. The highest BCUT2D eigenvalue weighted by atomic mass is 32.1. The minimum absolute atomic E-state index is 0.0298. The third kappa shape index (κ3) is 6.84. The predicted octanol–water partition coefficient (Wildman–Crippen LogP) is 4.98. The summed E-state index contributed by atoms with van der Waals surface area (Å²) in [5, 5.41) is 12.6. The predicted molar refractivity (Wildman–Crippen MR) is 139 cm³/mol. The van der Waals surface area contributed by atoms with Gasteiger partial charge in [-0.15, -0.1) is 17.9 Å². The molecule has 0 saturated carbocycles. The minimum atomic E-state index is -0.541. The lowest BCUT2D eigenvalue weighted by Gasteiger charge is -2.37. The van der Waals surface area contributed by atoms with Crippen LogP contribution >= 0.6 is 11.3 Å². The molecule has 6 nitrogen and oxygen atoms in total. The van der Waals surface area contributed by atoms with Crippen molar-refractivity contribution < 1.29 is 19.1 Å². The van der Waals surface area contributed by atoms with Crippen molar-refractivity contribution in [3.8, 4) is 5.75 Å². The Morgan fingerprint density at radius 2 is 2.26 bits per heavy atom. The highest BCUT2D eigenvalue weighted by molar-refractivity contribution is 7.10. The Labute approximate surface area is 211 Å². The molecule has 0 aliphatic carbocycles. The molecular weight excluding hydrogens is 460 g/mol. The normalized spacial score (nSPS) is 16.2. The summed E-state index contributed by atoms with van der Waals surface area (Å²) in [6.07, 6.45) is 5.08. The van der Waals surface area contributed by atoms with Crippen LogP contribution in [0.2, 0.25) is 0 Å². The summed E-state index contributed by atoms with van der Waals surface area (Å²) in [7, 11) is 0. The third-order valence-electron chi connectivity index (χ3n) is 6.30. The number of aliphatic hydroxyl groups excluding tert-OH is 1. The Balaban J connectivity index is 1.48. The monoisotopic (exact) mass is 494 g/mol. The van der Waals surface area contributed by atoms with Gasteiger partial charge in [0.2, 0.25) is 5.91 Å². The summed E-state index contributed by atoms with van der Waals surface area (Å²) in [6, 6.07) is 13.7. The van der Waals surface area contributed by atoms with Gasteiger partial charge in [-0.05, 0) is 73.0 Å². The van der Waals surface area contributed by atoms with Gasteiger partial charge in [0.1, 0.15) is 18.1 Å². The summed E-state index contributed by atoms with van der Waals surface area (Å²) < 4.78 is 11.7. The van der Waals surface area contributed by atoms with E-state index in [1.807, 2.05) is 53.1 Å². The van der Waals surface area contributed by atoms with E-state index in [0.717, 1.165) is 29.9 Å². The Morgan fingerprint density at radius 1 is 1.37 bits per heavy atom. The van der Waals surface area contributed by atoms with Gasteiger partial charge in [0.25, 0.3) is 0 Å². The standard InChI is InChI=1S/C28H34N2O4S/c1-3-4-8-22(31)17-29(18-24-10-6-14-33-24)19-28(32)30-13-11-27-25(12-15-35-27)26(30)20-34-23-9-5-7-21(2)16-23/h3,5-7,9-10,12,14-16,22,26,31H,1,4,8,11,13,17-20H2,2H3/t22-,26+/m1/s1. The molecule has 3 heterocycles. The fraction of sp³-hybridized carbons (Fsp3) is 0.393. The third-order valence-corrected chi connectivity index (χ3v) is 7.30. The van der Waals surface area contributed by atoms with Gasteiger partial charge in [-0.1, -0.05) is 18.2 Å². The van der Waals surface area contributed by atoms with Crippen molar-refractivity contribution >= 4 is 17.2 Å². The second kappa shape index (κ2) is 12.2. The van der Waals surface area contributed by atoms with Gasteiger partial charge in [-0.2, -0.15) is 0 Å². The summed E-state index contributed by atoms with van der Waals surface area (Å²) in [5.74, 6) is 1.61. The van der Waals surface area contributed by atoms with Gasteiger partial charge in [-0.3, -0.25) is 9.69 Å². The van der Waals surface area contributed by atoms with Crippen LogP contribution in [-0.2, 0) is 17.8 Å². The second-order valence-corrected chi connectivity index (χ2v) is 10.0. The van der Waals surface area contributed by atoms with E-state index in [4.69, 9.17) is 9.15 Å². The van der Waals surface area contributed by atoms with E-state index in [9.17, 15) is 9.90 Å². The van der Waals surface area contributed by atoms with Crippen molar-refractivity contribution in [3.05, 3.63) is 88.5 Å². The topological polar surface area (TPSA) is 66.2 Å². The molecule has 2 aromatic heterocycles. The van der Waals surface area contributed by atoms with E-state index in [-0.39, 0.29) is 18.5 Å². The molecule has 1 amide bonds. The molecule has 4 rings (SSSR count). The van der Waals surface area contributed by atoms with Gasteiger partial charge in [0, 0.05) is 18.0 Å². The number of aliphatic hydroxyl groups is 1. The van der Waals surface area contributed by atoms with Crippen LogP contribution in [0.1, 0.15) is 40.6 Å². The molecule has 35 heavy (non-hydrogen) atoms. The Bertz CT molecular complexity index is 1090. The van der Waals surface area contributed by atoms with Crippen LogP contribution in [0.15, 0.2) is 71.2 Å². The Morgan fingerprint density at radius 3 is 3.03 bits per heavy atom. The summed E-state index contributed by atoms with van der Waals surface area (Å²) >= 11 is 1.74. The molecule has 0 radical (unpaired) electrons. The van der Waals surface area contributed by atoms with Crippen molar-refractivity contribution in [1.82, 2.24) is 9.80 Å². The molecular formula is C28H34N2O4S. The largest absolute Gasteiger partial charge is 0.491 e. The molecule has 3 aromatic rings. The second-order valence-electron chi connectivity index (χ2n) is 9.05. The molecule has 186 valence electrons. The molecule has 1 aromatic carbocycles. The SMILES string of the molecule is C=CCC[C@@H](O)CN(CC(=O)N1CCc2sccc2[C@@H]1COc1cccc(C)c1)Cc1ccco1. The number of furan rings is 1. The molecule has 1 aliphatic rings. The maximum Gasteiger partial charge on any atom is 0.237 e. The smallest absolute Gasteiger partial charge is 0.237 e. The molecule has 1 N–H and O–H groups in total. The van der Waals surface area contributed by atoms with E-state index >= 15 is 0 Å². The number of carbonyl (C=O) groups excluding carboxylic acids is 1. The van der Waals surface area contributed by atoms with E-state index < -0.39 is 6.10 Å². The lowest BCUT2D eigenvalue weighted by Crippen LogP contribution is -2.47. The van der Waals surface area contributed by atoms with Gasteiger partial charge >= 0.3 is 0 Å². The van der Waals surface area contributed by atoms with Crippen molar-refractivity contribution in [2.75, 3.05) is 26.2 Å². The zero-order chi connectivity index (χ0) is 24.6. The number of rotatable bonds is 12. The summed E-state index contributed by atoms with van der Waals surface area (Å²) in [5.41, 5.74) is 2.31. The van der Waals surface area contributed by atoms with Crippen molar-refractivity contribution in [1.29, 1.82) is 0 Å². The Hall–Kier alpha value is -2.87. The number of thiophene rings is 1. The van der Waals surface area contributed by atoms with E-state index in [2.05, 4.69) is 18.0 Å². The van der Waals surface area contributed by atoms with Crippen LogP contribution < -0.4 is 4.74 Å². The molecule has 0 spiro atoms. The molecule has 1 aliphatic heterocycles. The zero-order valence-electron chi connectivity index (χ0n) is 20.3. The van der Waals surface area contributed by atoms with Crippen molar-refractivity contribution in [2.24, 2.45) is 0 Å². The maximum absolute atomic E-state index is 13.6. The fourth-order valence-corrected chi connectivity index (χ4v) is 5.47. The van der Waals surface area contributed by atoms with Crippen LogP contribution in [-0.4, -0.2) is 53.2 Å². The highest BCUT2D eigenvalue weighted by Crippen LogP contribution is 2.34. The minimum Gasteiger partial charge on any atom is -0.491 e. The average molecular weight is 495 g/mol. The number of hydrogen-bond donors (Lipinski definition) is 1. The van der Waals surface area contributed by atoms with Crippen molar-refractivity contribution in [2.45, 2.75) is 44.9 Å². The number of ether oxygens (including phenoxy) is 1. The first-order valence-electron chi connectivity index (χ1n) is 12.1. The van der Waals surface area contributed by atoms with E-state index in [0.29, 0.717) is 32.7 Å². The first kappa shape index (κ1) is 25.2. The number of allylic oxidation sites excluding steroid dienone is 1. The van der Waals surface area contributed by atoms with E-state index in [1.54, 1.807) is 23.7 Å². The van der Waals surface area contributed by atoms with Crippen LogP contribution in [0.5, 0.6) is 5.75 Å². The van der Waals surface area contributed by atoms with Gasteiger partial charge in [-0.25, -0.2) is 0 Å². The lowest BCUT2D eigenvalue weighted by molar-refractivity contribution is -0.136. The highest BCUT2D eigenvalue weighted by Gasteiger charge is 2.33. The number of benzene rings is 1. The fourth-order valence-electron chi connectivity index (χ4n) is 4.54. The van der Waals surface area contributed by atoms with Crippen LogP contribution in [0.25, 0.3) is 0 Å². The van der Waals surface area contributed by atoms with Crippen LogP contribution in [0.4, 0.5) is 0 Å². The quantitative estimate of drug-likeness (QED) is 0.360. The van der Waals surface area contributed by atoms with Crippen molar-refractivity contribution in [3.63, 3.8) is 0 Å². The van der Waals surface area contributed by atoms with Crippen LogP contribution in [0, 0.1) is 6.92 Å². The van der Waals surface area contributed by atoms with Gasteiger partial charge in [0.15, 0.2) is 0 Å². The first-order chi connectivity index (χ1) is 17.0. The molecule has 0 fully saturated rings. The van der Waals surface area contributed by atoms with Crippen LogP contribution in [0.3, 0.4) is 0 Å². The molecule has 0 saturated heterocycles. The van der Waals surface area contributed by atoms with E-state index in [1.165, 1.54) is 10.4 Å². The average Bonchev–Trinajstić information content (AvgIpc) is 3.53. The molecule has 7 heteroatoms. The molecule has 2 atom stereocenters. The molecule has 0 bridgehead atoms. The Kier molecular flexibility index (Phi) is 8.79.